The van der Waals surface area contributed by atoms with Crippen molar-refractivity contribution in [3.8, 4) is 0 Å². The molecule has 2 aromatic rings. The van der Waals surface area contributed by atoms with Gasteiger partial charge in [0.25, 0.3) is 0 Å². The summed E-state index contributed by atoms with van der Waals surface area (Å²) in [4.78, 5) is 15.6. The van der Waals surface area contributed by atoms with Gasteiger partial charge in [-0.3, -0.25) is 9.69 Å². The highest BCUT2D eigenvalue weighted by molar-refractivity contribution is 7.19. The summed E-state index contributed by atoms with van der Waals surface area (Å²) < 4.78 is 1.30. The fourth-order valence-electron chi connectivity index (χ4n) is 4.62. The molecule has 2 aliphatic rings. The number of hydrogen-bond donors (Lipinski definition) is 1. The number of carbonyl (C=O) groups excluding carboxylic acids is 1. The molecule has 1 aliphatic carbocycles. The van der Waals surface area contributed by atoms with Crippen LogP contribution in [0.3, 0.4) is 0 Å². The SMILES string of the molecule is NC(=O)Cc1cccc2sc(C3CCCCC3N3CCCC3)cc12. The molecule has 2 heterocycles. The van der Waals surface area contributed by atoms with Crippen molar-refractivity contribution in [2.75, 3.05) is 13.1 Å². The zero-order chi connectivity index (χ0) is 16.5. The molecule has 1 saturated carbocycles. The number of benzene rings is 1. The van der Waals surface area contributed by atoms with Gasteiger partial charge in [-0.15, -0.1) is 11.3 Å². The molecule has 128 valence electrons. The van der Waals surface area contributed by atoms with Crippen LogP contribution in [0.1, 0.15) is 54.9 Å². The van der Waals surface area contributed by atoms with Crippen molar-refractivity contribution in [3.05, 3.63) is 34.7 Å². The lowest BCUT2D eigenvalue weighted by molar-refractivity contribution is -0.117. The molecule has 4 heteroatoms. The van der Waals surface area contributed by atoms with Crippen molar-refractivity contribution in [1.82, 2.24) is 4.90 Å². The minimum Gasteiger partial charge on any atom is -0.369 e. The molecule has 4 rings (SSSR count). The summed E-state index contributed by atoms with van der Waals surface area (Å²) in [5.74, 6) is 0.415. The van der Waals surface area contributed by atoms with Gasteiger partial charge in [-0.1, -0.05) is 25.0 Å². The van der Waals surface area contributed by atoms with Crippen molar-refractivity contribution in [2.45, 2.75) is 56.9 Å². The van der Waals surface area contributed by atoms with Crippen LogP contribution in [0.2, 0.25) is 0 Å². The summed E-state index contributed by atoms with van der Waals surface area (Å²) >= 11 is 1.93. The Morgan fingerprint density at radius 2 is 1.96 bits per heavy atom. The number of primary amides is 1. The van der Waals surface area contributed by atoms with Crippen LogP contribution in [-0.2, 0) is 11.2 Å². The largest absolute Gasteiger partial charge is 0.369 e. The molecule has 24 heavy (non-hydrogen) atoms. The molecule has 0 bridgehead atoms. The predicted molar refractivity (Wildman–Crippen MR) is 101 cm³/mol. The Kier molecular flexibility index (Phi) is 4.59. The van der Waals surface area contributed by atoms with Crippen molar-refractivity contribution in [3.63, 3.8) is 0 Å². The molecular weight excluding hydrogens is 316 g/mol. The fraction of sp³-hybridized carbons (Fsp3) is 0.550. The summed E-state index contributed by atoms with van der Waals surface area (Å²) in [6.07, 6.45) is 8.42. The van der Waals surface area contributed by atoms with E-state index in [-0.39, 0.29) is 5.91 Å². The maximum Gasteiger partial charge on any atom is 0.221 e. The summed E-state index contributed by atoms with van der Waals surface area (Å²) in [5.41, 5.74) is 6.51. The second-order valence-corrected chi connectivity index (χ2v) is 8.44. The van der Waals surface area contributed by atoms with E-state index in [1.807, 2.05) is 17.4 Å². The number of thiophene rings is 1. The second kappa shape index (κ2) is 6.85. The normalized spacial score (nSPS) is 25.3. The van der Waals surface area contributed by atoms with Crippen molar-refractivity contribution < 1.29 is 4.79 Å². The highest BCUT2D eigenvalue weighted by atomic mass is 32.1. The Hall–Kier alpha value is -1.39. The number of nitrogens with zero attached hydrogens (tertiary/aromatic N) is 1. The van der Waals surface area contributed by atoms with Gasteiger partial charge in [-0.05, 0) is 61.9 Å². The molecule has 1 aliphatic heterocycles. The van der Waals surface area contributed by atoms with Crippen LogP contribution in [-0.4, -0.2) is 29.9 Å². The van der Waals surface area contributed by atoms with Gasteiger partial charge in [0.2, 0.25) is 5.91 Å². The van der Waals surface area contributed by atoms with E-state index in [1.165, 1.54) is 66.6 Å². The number of carbonyl (C=O) groups is 1. The summed E-state index contributed by atoms with van der Waals surface area (Å²) in [7, 11) is 0. The molecule has 2 N–H and O–H groups in total. The molecule has 1 saturated heterocycles. The van der Waals surface area contributed by atoms with Crippen LogP contribution in [0.15, 0.2) is 24.3 Å². The average Bonchev–Trinajstić information content (AvgIpc) is 3.24. The third kappa shape index (κ3) is 3.09. The number of hydrogen-bond acceptors (Lipinski definition) is 3. The molecule has 2 fully saturated rings. The standard InChI is InChI=1S/C20H26N2OS/c21-20(23)12-14-6-5-9-18-16(14)13-19(24-18)15-7-1-2-8-17(15)22-10-3-4-11-22/h5-6,9,13,15,17H,1-4,7-8,10-12H2,(H2,21,23). The molecule has 1 aromatic heterocycles. The van der Waals surface area contributed by atoms with Gasteiger partial charge < -0.3 is 5.73 Å². The first-order valence-electron chi connectivity index (χ1n) is 9.26. The van der Waals surface area contributed by atoms with Gasteiger partial charge in [-0.25, -0.2) is 0 Å². The lowest BCUT2D eigenvalue weighted by Crippen LogP contribution is -2.39. The minimum atomic E-state index is -0.247. The Balaban J connectivity index is 1.67. The highest BCUT2D eigenvalue weighted by Gasteiger charge is 2.33. The summed E-state index contributed by atoms with van der Waals surface area (Å²) in [5, 5.41) is 1.24. The Bertz CT molecular complexity index is 732. The molecule has 3 nitrogen and oxygen atoms in total. The Morgan fingerprint density at radius 1 is 1.17 bits per heavy atom. The van der Waals surface area contributed by atoms with Gasteiger partial charge in [0.05, 0.1) is 6.42 Å². The van der Waals surface area contributed by atoms with Crippen LogP contribution in [0, 0.1) is 0 Å². The Morgan fingerprint density at radius 3 is 2.75 bits per heavy atom. The highest BCUT2D eigenvalue weighted by Crippen LogP contribution is 2.42. The first-order chi connectivity index (χ1) is 11.7. The third-order valence-electron chi connectivity index (χ3n) is 5.74. The predicted octanol–water partition coefficient (Wildman–Crippen LogP) is 4.05. The van der Waals surface area contributed by atoms with Gasteiger partial charge >= 0.3 is 0 Å². The van der Waals surface area contributed by atoms with Gasteiger partial charge in [0.1, 0.15) is 0 Å². The van der Waals surface area contributed by atoms with E-state index >= 15 is 0 Å². The molecular formula is C20H26N2OS. The molecule has 0 radical (unpaired) electrons. The lowest BCUT2D eigenvalue weighted by Gasteiger charge is -2.37. The van der Waals surface area contributed by atoms with Crippen LogP contribution in [0.25, 0.3) is 10.1 Å². The number of likely N-dealkylation sites (tertiary alicyclic amines) is 1. The quantitative estimate of drug-likeness (QED) is 0.911. The van der Waals surface area contributed by atoms with Gasteiger partial charge in [0.15, 0.2) is 0 Å². The first kappa shape index (κ1) is 16.1. The number of amides is 1. The molecule has 2 atom stereocenters. The third-order valence-corrected chi connectivity index (χ3v) is 6.97. The maximum atomic E-state index is 11.4. The van der Waals surface area contributed by atoms with E-state index in [9.17, 15) is 4.79 Å². The minimum absolute atomic E-state index is 0.247. The monoisotopic (exact) mass is 342 g/mol. The fourth-order valence-corrected chi connectivity index (χ4v) is 5.92. The zero-order valence-corrected chi connectivity index (χ0v) is 15.0. The molecule has 0 spiro atoms. The van der Waals surface area contributed by atoms with Gasteiger partial charge in [0, 0.05) is 21.5 Å². The van der Waals surface area contributed by atoms with Crippen LogP contribution in [0.4, 0.5) is 0 Å². The Labute approximate surface area is 147 Å². The molecule has 1 amide bonds. The summed E-state index contributed by atoms with van der Waals surface area (Å²) in [6.45, 7) is 2.55. The van der Waals surface area contributed by atoms with Crippen LogP contribution in [0.5, 0.6) is 0 Å². The van der Waals surface area contributed by atoms with Crippen LogP contribution >= 0.6 is 11.3 Å². The van der Waals surface area contributed by atoms with Crippen LogP contribution < -0.4 is 5.73 Å². The van der Waals surface area contributed by atoms with Crippen molar-refractivity contribution >= 4 is 27.3 Å². The number of rotatable bonds is 4. The second-order valence-electron chi connectivity index (χ2n) is 7.32. The van der Waals surface area contributed by atoms with E-state index in [0.29, 0.717) is 18.4 Å². The molecule has 1 aromatic carbocycles. The zero-order valence-electron chi connectivity index (χ0n) is 14.2. The van der Waals surface area contributed by atoms with E-state index in [0.717, 1.165) is 5.56 Å². The maximum absolute atomic E-state index is 11.4. The van der Waals surface area contributed by atoms with Gasteiger partial charge in [-0.2, -0.15) is 0 Å². The van der Waals surface area contributed by atoms with Crippen molar-refractivity contribution in [2.24, 2.45) is 5.73 Å². The topological polar surface area (TPSA) is 46.3 Å². The number of fused-ring (bicyclic) bond motifs is 1. The van der Waals surface area contributed by atoms with E-state index < -0.39 is 0 Å². The number of nitrogens with two attached hydrogens (primary N) is 1. The van der Waals surface area contributed by atoms with E-state index in [4.69, 9.17) is 5.73 Å². The van der Waals surface area contributed by atoms with E-state index in [2.05, 4.69) is 23.1 Å². The van der Waals surface area contributed by atoms with Crippen molar-refractivity contribution in [1.29, 1.82) is 0 Å². The smallest absolute Gasteiger partial charge is 0.221 e. The molecule has 2 unspecified atom stereocenters. The first-order valence-corrected chi connectivity index (χ1v) is 10.1. The van der Waals surface area contributed by atoms with E-state index in [1.54, 1.807) is 0 Å². The summed E-state index contributed by atoms with van der Waals surface area (Å²) in [6, 6.07) is 9.36. The average molecular weight is 343 g/mol. The lowest BCUT2D eigenvalue weighted by atomic mass is 9.82.